The van der Waals surface area contributed by atoms with Gasteiger partial charge in [0, 0.05) is 17.0 Å². The Morgan fingerprint density at radius 3 is 2.79 bits per heavy atom. The Kier molecular flexibility index (Phi) is 6.49. The van der Waals surface area contributed by atoms with Gasteiger partial charge in [0.25, 0.3) is 5.91 Å². The van der Waals surface area contributed by atoms with Crippen LogP contribution >= 0.6 is 11.3 Å². The average molecular weight is 349 g/mol. The van der Waals surface area contributed by atoms with Crippen molar-refractivity contribution in [3.63, 3.8) is 0 Å². The minimum atomic E-state index is -0.927. The van der Waals surface area contributed by atoms with E-state index in [1.807, 2.05) is 17.5 Å². The number of anilines is 1. The topological polar surface area (TPSA) is 55.4 Å². The maximum Gasteiger partial charge on any atom is 0.306 e. The summed E-state index contributed by atoms with van der Waals surface area (Å²) in [6, 6.07) is 8.41. The molecule has 2 aromatic rings. The molecule has 4 nitrogen and oxygen atoms in total. The maximum atomic E-state index is 13.5. The zero-order valence-electron chi connectivity index (χ0n) is 13.7. The summed E-state index contributed by atoms with van der Waals surface area (Å²) in [7, 11) is 0. The predicted octanol–water partition coefficient (Wildman–Crippen LogP) is 4.09. The molecule has 24 heavy (non-hydrogen) atoms. The van der Waals surface area contributed by atoms with Gasteiger partial charge in [-0.1, -0.05) is 12.1 Å². The quantitative estimate of drug-likeness (QED) is 0.766. The number of carbonyl (C=O) groups is 2. The molecule has 0 bridgehead atoms. The first-order chi connectivity index (χ1) is 11.5. The summed E-state index contributed by atoms with van der Waals surface area (Å²) in [5.41, 5.74) is 0.835. The molecule has 0 radical (unpaired) electrons. The monoisotopic (exact) mass is 349 g/mol. The SMILES string of the molecule is Cc1ccc(NC(=O)[C@H](C)OC(=O)CCCc2cccs2)cc1F. The minimum Gasteiger partial charge on any atom is -0.453 e. The van der Waals surface area contributed by atoms with Gasteiger partial charge in [-0.15, -0.1) is 11.3 Å². The molecule has 1 aromatic heterocycles. The van der Waals surface area contributed by atoms with Crippen molar-refractivity contribution in [3.05, 3.63) is 52.0 Å². The van der Waals surface area contributed by atoms with Crippen molar-refractivity contribution in [3.8, 4) is 0 Å². The number of ether oxygens (including phenoxy) is 1. The van der Waals surface area contributed by atoms with E-state index in [1.165, 1.54) is 17.9 Å². The highest BCUT2D eigenvalue weighted by Gasteiger charge is 2.18. The van der Waals surface area contributed by atoms with Crippen LogP contribution in [0, 0.1) is 12.7 Å². The fourth-order valence-corrected chi connectivity index (χ4v) is 2.84. The highest BCUT2D eigenvalue weighted by Crippen LogP contribution is 2.15. The van der Waals surface area contributed by atoms with Crippen LogP contribution in [0.1, 0.15) is 30.2 Å². The fraction of sp³-hybridized carbons (Fsp3) is 0.333. The lowest BCUT2D eigenvalue weighted by Crippen LogP contribution is -2.30. The third-order valence-corrected chi connectivity index (χ3v) is 4.44. The molecule has 0 spiro atoms. The van der Waals surface area contributed by atoms with Crippen LogP contribution in [0.4, 0.5) is 10.1 Å². The highest BCUT2D eigenvalue weighted by atomic mass is 32.1. The number of hydrogen-bond acceptors (Lipinski definition) is 4. The lowest BCUT2D eigenvalue weighted by atomic mass is 10.2. The molecule has 0 aliphatic rings. The van der Waals surface area contributed by atoms with Gasteiger partial charge in [-0.3, -0.25) is 9.59 Å². The first kappa shape index (κ1) is 18.1. The Bertz CT molecular complexity index is 700. The predicted molar refractivity (Wildman–Crippen MR) is 92.6 cm³/mol. The summed E-state index contributed by atoms with van der Waals surface area (Å²) in [4.78, 5) is 25.0. The molecular formula is C18H20FNO3S. The van der Waals surface area contributed by atoms with Gasteiger partial charge >= 0.3 is 5.97 Å². The van der Waals surface area contributed by atoms with Gasteiger partial charge in [-0.05, 0) is 55.8 Å². The number of aryl methyl sites for hydroxylation is 2. The molecule has 0 aliphatic heterocycles. The molecule has 0 saturated heterocycles. The number of thiophene rings is 1. The van der Waals surface area contributed by atoms with Crippen molar-refractivity contribution in [1.82, 2.24) is 0 Å². The van der Waals surface area contributed by atoms with Crippen molar-refractivity contribution in [2.24, 2.45) is 0 Å². The second-order valence-electron chi connectivity index (χ2n) is 5.52. The van der Waals surface area contributed by atoms with Crippen molar-refractivity contribution < 1.29 is 18.7 Å². The molecular weight excluding hydrogens is 329 g/mol. The van der Waals surface area contributed by atoms with Crippen molar-refractivity contribution in [2.75, 3.05) is 5.32 Å². The summed E-state index contributed by atoms with van der Waals surface area (Å²) >= 11 is 1.65. The Morgan fingerprint density at radius 1 is 1.33 bits per heavy atom. The Balaban J connectivity index is 1.75. The lowest BCUT2D eigenvalue weighted by Gasteiger charge is -2.13. The van der Waals surface area contributed by atoms with Crippen molar-refractivity contribution in [2.45, 2.75) is 39.2 Å². The Hall–Kier alpha value is -2.21. The molecule has 0 saturated carbocycles. The molecule has 1 aromatic carbocycles. The standard InChI is InChI=1S/C18H20FNO3S/c1-12-8-9-14(11-16(12)19)20-18(22)13(2)23-17(21)7-3-5-15-6-4-10-24-15/h4,6,8-11,13H,3,5,7H2,1-2H3,(H,20,22)/t13-/m0/s1. The van der Waals surface area contributed by atoms with E-state index in [4.69, 9.17) is 4.74 Å². The van der Waals surface area contributed by atoms with E-state index in [2.05, 4.69) is 5.32 Å². The van der Waals surface area contributed by atoms with Crippen LogP contribution in [0.2, 0.25) is 0 Å². The Labute approximate surface area is 144 Å². The first-order valence-corrected chi connectivity index (χ1v) is 8.62. The second-order valence-corrected chi connectivity index (χ2v) is 6.55. The number of halogens is 1. The van der Waals surface area contributed by atoms with Crippen LogP contribution in [0.5, 0.6) is 0 Å². The lowest BCUT2D eigenvalue weighted by molar-refractivity contribution is -0.153. The largest absolute Gasteiger partial charge is 0.453 e. The van der Waals surface area contributed by atoms with Crippen LogP contribution < -0.4 is 5.32 Å². The van der Waals surface area contributed by atoms with Crippen LogP contribution in [0.15, 0.2) is 35.7 Å². The van der Waals surface area contributed by atoms with Gasteiger partial charge < -0.3 is 10.1 Å². The highest BCUT2D eigenvalue weighted by molar-refractivity contribution is 7.09. The second kappa shape index (κ2) is 8.59. The van der Waals surface area contributed by atoms with Gasteiger partial charge in [0.2, 0.25) is 0 Å². The summed E-state index contributed by atoms with van der Waals surface area (Å²) in [5.74, 6) is -1.29. The number of rotatable bonds is 7. The maximum absolute atomic E-state index is 13.5. The number of carbonyl (C=O) groups excluding carboxylic acids is 2. The summed E-state index contributed by atoms with van der Waals surface area (Å²) in [5, 5.41) is 4.53. The van der Waals surface area contributed by atoms with Crippen LogP contribution in [-0.2, 0) is 20.7 Å². The van der Waals surface area contributed by atoms with Crippen LogP contribution in [-0.4, -0.2) is 18.0 Å². The number of hydrogen-bond donors (Lipinski definition) is 1. The number of benzene rings is 1. The van der Waals surface area contributed by atoms with E-state index in [1.54, 1.807) is 30.4 Å². The molecule has 0 aliphatic carbocycles. The van der Waals surface area contributed by atoms with E-state index >= 15 is 0 Å². The van der Waals surface area contributed by atoms with E-state index < -0.39 is 23.8 Å². The number of esters is 1. The molecule has 1 N–H and O–H groups in total. The van der Waals surface area contributed by atoms with E-state index in [0.717, 1.165) is 6.42 Å². The van der Waals surface area contributed by atoms with Crippen molar-refractivity contribution in [1.29, 1.82) is 0 Å². The number of nitrogens with one attached hydrogen (secondary N) is 1. The first-order valence-electron chi connectivity index (χ1n) is 7.74. The molecule has 128 valence electrons. The smallest absolute Gasteiger partial charge is 0.306 e. The van der Waals surface area contributed by atoms with Crippen LogP contribution in [0.25, 0.3) is 0 Å². The van der Waals surface area contributed by atoms with Gasteiger partial charge in [0.15, 0.2) is 6.10 Å². The molecule has 0 unspecified atom stereocenters. The Morgan fingerprint density at radius 2 is 2.12 bits per heavy atom. The third-order valence-electron chi connectivity index (χ3n) is 3.50. The summed E-state index contributed by atoms with van der Waals surface area (Å²) in [6.07, 6.45) is 0.824. The van der Waals surface area contributed by atoms with Gasteiger partial charge in [-0.2, -0.15) is 0 Å². The zero-order chi connectivity index (χ0) is 17.5. The van der Waals surface area contributed by atoms with E-state index in [-0.39, 0.29) is 6.42 Å². The van der Waals surface area contributed by atoms with Gasteiger partial charge in [0.1, 0.15) is 5.82 Å². The average Bonchev–Trinajstić information content (AvgIpc) is 3.04. The third kappa shape index (κ3) is 5.45. The molecule has 1 amide bonds. The fourth-order valence-electron chi connectivity index (χ4n) is 2.09. The van der Waals surface area contributed by atoms with Crippen LogP contribution in [0.3, 0.4) is 0 Å². The van der Waals surface area contributed by atoms with E-state index in [9.17, 15) is 14.0 Å². The zero-order valence-corrected chi connectivity index (χ0v) is 14.5. The summed E-state index contributed by atoms with van der Waals surface area (Å²) < 4.78 is 18.6. The molecule has 1 heterocycles. The molecule has 2 rings (SSSR count). The summed E-state index contributed by atoms with van der Waals surface area (Å²) in [6.45, 7) is 3.14. The molecule has 0 fully saturated rings. The van der Waals surface area contributed by atoms with Gasteiger partial charge in [0.05, 0.1) is 0 Å². The van der Waals surface area contributed by atoms with E-state index in [0.29, 0.717) is 17.7 Å². The molecule has 6 heteroatoms. The minimum absolute atomic E-state index is 0.259. The normalized spacial score (nSPS) is 11.8. The van der Waals surface area contributed by atoms with Crippen molar-refractivity contribution >= 4 is 28.9 Å². The number of amides is 1. The van der Waals surface area contributed by atoms with Gasteiger partial charge in [-0.25, -0.2) is 4.39 Å². The molecule has 1 atom stereocenters.